The number of rotatable bonds is 3. The van der Waals surface area contributed by atoms with Crippen LogP contribution in [-0.4, -0.2) is 38.5 Å². The van der Waals surface area contributed by atoms with Crippen LogP contribution in [0.5, 0.6) is 11.5 Å². The Morgan fingerprint density at radius 2 is 2.04 bits per heavy atom. The summed E-state index contributed by atoms with van der Waals surface area (Å²) in [7, 11) is 1.38. The van der Waals surface area contributed by atoms with Crippen molar-refractivity contribution in [3.05, 3.63) is 47.5 Å². The van der Waals surface area contributed by atoms with Gasteiger partial charge >= 0.3 is 5.97 Å². The number of aromatic hydroxyl groups is 1. The summed E-state index contributed by atoms with van der Waals surface area (Å²) in [5, 5.41) is 26.1. The first kappa shape index (κ1) is 19.1. The van der Waals surface area contributed by atoms with Gasteiger partial charge in [0.1, 0.15) is 0 Å². The molecule has 2 heterocycles. The molecule has 0 saturated carbocycles. The number of hydrogen-bond acceptors (Lipinski definition) is 8. The summed E-state index contributed by atoms with van der Waals surface area (Å²) in [5.74, 6) is -1.29. The van der Waals surface area contributed by atoms with Gasteiger partial charge < -0.3 is 20.7 Å². The summed E-state index contributed by atoms with van der Waals surface area (Å²) in [6, 6.07) is 4.18. The number of carboxylic acid groups (broad SMARTS) is 1. The number of nitrogens with zero attached hydrogens (tertiary/aromatic N) is 3. The molecule has 1 aromatic carbocycles. The number of carbonyl (C=O) groups is 1. The Morgan fingerprint density at radius 1 is 1.31 bits per heavy atom. The number of aromatic nitrogens is 3. The van der Waals surface area contributed by atoms with Gasteiger partial charge in [-0.1, -0.05) is 11.3 Å². The van der Waals surface area contributed by atoms with Crippen molar-refractivity contribution in [3.8, 4) is 22.1 Å². The van der Waals surface area contributed by atoms with Gasteiger partial charge in [0.2, 0.25) is 5.13 Å². The van der Waals surface area contributed by atoms with E-state index in [9.17, 15) is 14.3 Å². The maximum Gasteiger partial charge on any atom is 0.336 e. The number of phenolic OH excluding ortho intramolecular Hbond substituents is 1. The van der Waals surface area contributed by atoms with Gasteiger partial charge in [0, 0.05) is 11.8 Å². The number of anilines is 1. The maximum atomic E-state index is 13.1. The van der Waals surface area contributed by atoms with Gasteiger partial charge in [-0.2, -0.15) is 0 Å². The Balaban J connectivity index is 0.000000187. The molecule has 8 nitrogen and oxygen atoms in total. The number of benzene rings is 1. The molecule has 0 radical (unpaired) electrons. The molecule has 2 aromatic heterocycles. The molecule has 26 heavy (non-hydrogen) atoms. The Bertz CT molecular complexity index is 932. The first-order valence-electron chi connectivity index (χ1n) is 7.13. The zero-order valence-corrected chi connectivity index (χ0v) is 14.6. The first-order chi connectivity index (χ1) is 12.3. The minimum Gasteiger partial charge on any atom is -0.504 e. The number of ether oxygens (including phenoxy) is 1. The number of phenols is 1. The number of hydrogen-bond donors (Lipinski definition) is 3. The van der Waals surface area contributed by atoms with Crippen LogP contribution in [-0.2, 0) is 0 Å². The largest absolute Gasteiger partial charge is 0.504 e. The van der Waals surface area contributed by atoms with Crippen LogP contribution in [0.2, 0.25) is 0 Å². The standard InChI is InChI=1S/C9H10O4.C7H5FN4S/c1-5-6(9(11)12)3-4-7(10)8(5)13-2;8-5-3-10-2-1-4(5)6-11-12-7(9)13-6/h3-4,10H,1-2H3,(H,11,12);1-3H,(H2,9,12). The third kappa shape index (κ3) is 4.22. The maximum absolute atomic E-state index is 13.1. The van der Waals surface area contributed by atoms with Crippen molar-refractivity contribution in [2.75, 3.05) is 12.8 Å². The lowest BCUT2D eigenvalue weighted by atomic mass is 10.1. The highest BCUT2D eigenvalue weighted by atomic mass is 32.1. The van der Waals surface area contributed by atoms with Gasteiger partial charge in [-0.3, -0.25) is 4.98 Å². The van der Waals surface area contributed by atoms with Crippen LogP contribution in [0, 0.1) is 12.7 Å². The Kier molecular flexibility index (Phi) is 6.02. The molecular formula is C16H15FN4O4S. The van der Waals surface area contributed by atoms with E-state index in [4.69, 9.17) is 15.6 Å². The Morgan fingerprint density at radius 3 is 2.58 bits per heavy atom. The zero-order chi connectivity index (χ0) is 19.3. The predicted octanol–water partition coefficient (Wildman–Crippen LogP) is 2.73. The van der Waals surface area contributed by atoms with Crippen LogP contribution < -0.4 is 10.5 Å². The third-order valence-corrected chi connectivity index (χ3v) is 4.05. The minimum absolute atomic E-state index is 0.0509. The van der Waals surface area contributed by atoms with Crippen LogP contribution in [0.3, 0.4) is 0 Å². The van der Waals surface area contributed by atoms with Crippen molar-refractivity contribution in [3.63, 3.8) is 0 Å². The topological polar surface area (TPSA) is 131 Å². The van der Waals surface area contributed by atoms with Crippen molar-refractivity contribution in [1.82, 2.24) is 15.2 Å². The van der Waals surface area contributed by atoms with Gasteiger partial charge in [-0.05, 0) is 25.1 Å². The highest BCUT2D eigenvalue weighted by Crippen LogP contribution is 2.31. The van der Waals surface area contributed by atoms with E-state index in [1.807, 2.05) is 0 Å². The molecule has 4 N–H and O–H groups in total. The van der Waals surface area contributed by atoms with E-state index < -0.39 is 11.8 Å². The molecule has 0 bridgehead atoms. The molecule has 0 fully saturated rings. The average Bonchev–Trinajstić information content (AvgIpc) is 3.02. The van der Waals surface area contributed by atoms with E-state index in [-0.39, 0.29) is 17.1 Å². The van der Waals surface area contributed by atoms with Gasteiger partial charge in [-0.15, -0.1) is 10.2 Å². The van der Waals surface area contributed by atoms with Crippen LogP contribution in [0.4, 0.5) is 9.52 Å². The molecule has 136 valence electrons. The molecule has 0 unspecified atom stereocenters. The zero-order valence-electron chi connectivity index (χ0n) is 13.8. The second-order valence-corrected chi connectivity index (χ2v) is 5.91. The molecule has 3 rings (SSSR count). The summed E-state index contributed by atoms with van der Waals surface area (Å²) < 4.78 is 18.0. The summed E-state index contributed by atoms with van der Waals surface area (Å²) in [6.07, 6.45) is 2.63. The third-order valence-electron chi connectivity index (χ3n) is 3.26. The molecule has 0 saturated heterocycles. The average molecular weight is 378 g/mol. The lowest BCUT2D eigenvalue weighted by Crippen LogP contribution is -2.01. The number of nitrogen functional groups attached to an aromatic ring is 1. The van der Waals surface area contributed by atoms with E-state index in [0.717, 1.165) is 17.5 Å². The number of carboxylic acids is 1. The van der Waals surface area contributed by atoms with Crippen molar-refractivity contribution in [2.45, 2.75) is 6.92 Å². The fourth-order valence-electron chi connectivity index (χ4n) is 2.06. The van der Waals surface area contributed by atoms with Crippen molar-refractivity contribution in [2.24, 2.45) is 0 Å². The van der Waals surface area contributed by atoms with Crippen LogP contribution in [0.15, 0.2) is 30.6 Å². The van der Waals surface area contributed by atoms with Crippen LogP contribution in [0.25, 0.3) is 10.6 Å². The molecule has 0 amide bonds. The molecule has 0 aliphatic carbocycles. The molecule has 0 spiro atoms. The van der Waals surface area contributed by atoms with E-state index >= 15 is 0 Å². The molecule has 0 aliphatic heterocycles. The summed E-state index contributed by atoms with van der Waals surface area (Å²) in [4.78, 5) is 14.3. The fraction of sp³-hybridized carbons (Fsp3) is 0.125. The summed E-state index contributed by atoms with van der Waals surface area (Å²) in [5.41, 5.74) is 6.31. The van der Waals surface area contributed by atoms with Crippen LogP contribution >= 0.6 is 11.3 Å². The number of nitrogens with two attached hydrogens (primary N) is 1. The van der Waals surface area contributed by atoms with Crippen molar-refractivity contribution in [1.29, 1.82) is 0 Å². The molecular weight excluding hydrogens is 363 g/mol. The van der Waals surface area contributed by atoms with Crippen molar-refractivity contribution < 1.29 is 24.1 Å². The summed E-state index contributed by atoms with van der Waals surface area (Å²) in [6.45, 7) is 1.59. The minimum atomic E-state index is -1.03. The molecule has 10 heteroatoms. The van der Waals surface area contributed by atoms with Crippen molar-refractivity contribution >= 4 is 22.4 Å². The molecule has 0 aliphatic rings. The highest BCUT2D eigenvalue weighted by Gasteiger charge is 2.14. The Hall–Kier alpha value is -3.27. The quantitative estimate of drug-likeness (QED) is 0.634. The van der Waals surface area contributed by atoms with Gasteiger partial charge in [0.05, 0.1) is 24.4 Å². The van der Waals surface area contributed by atoms with Gasteiger partial charge in [0.25, 0.3) is 0 Å². The lowest BCUT2D eigenvalue weighted by molar-refractivity contribution is 0.0695. The lowest BCUT2D eigenvalue weighted by Gasteiger charge is -2.08. The van der Waals surface area contributed by atoms with Crippen LogP contribution in [0.1, 0.15) is 15.9 Å². The predicted molar refractivity (Wildman–Crippen MR) is 93.9 cm³/mol. The molecule has 0 atom stereocenters. The van der Waals surface area contributed by atoms with E-state index in [2.05, 4.69) is 15.2 Å². The van der Waals surface area contributed by atoms with E-state index in [1.54, 1.807) is 6.92 Å². The molecule has 3 aromatic rings. The highest BCUT2D eigenvalue weighted by molar-refractivity contribution is 7.18. The number of pyridine rings is 1. The normalized spacial score (nSPS) is 9.96. The second-order valence-electron chi connectivity index (χ2n) is 4.90. The second kappa shape index (κ2) is 8.21. The number of halogens is 1. The van der Waals surface area contributed by atoms with Gasteiger partial charge in [-0.25, -0.2) is 9.18 Å². The van der Waals surface area contributed by atoms with Gasteiger partial charge in [0.15, 0.2) is 22.3 Å². The fourth-order valence-corrected chi connectivity index (χ4v) is 2.70. The van der Waals surface area contributed by atoms with E-state index in [0.29, 0.717) is 21.3 Å². The number of aromatic carboxylic acids is 1. The monoisotopic (exact) mass is 378 g/mol. The summed E-state index contributed by atoms with van der Waals surface area (Å²) >= 11 is 1.14. The smallest absolute Gasteiger partial charge is 0.336 e. The first-order valence-corrected chi connectivity index (χ1v) is 7.95. The SMILES string of the molecule is COc1c(O)ccc(C(=O)O)c1C.Nc1nnc(-c2ccncc2F)s1. The Labute approximate surface area is 151 Å². The van der Waals surface area contributed by atoms with E-state index in [1.165, 1.54) is 31.5 Å². The number of methoxy groups -OCH3 is 1.